The van der Waals surface area contributed by atoms with Gasteiger partial charge in [0.15, 0.2) is 0 Å². The fourth-order valence-electron chi connectivity index (χ4n) is 3.35. The highest BCUT2D eigenvalue weighted by Gasteiger charge is 2.24. The summed E-state index contributed by atoms with van der Waals surface area (Å²) >= 11 is 0. The fourth-order valence-corrected chi connectivity index (χ4v) is 3.35. The number of nitrogens with one attached hydrogen (secondary N) is 1. The summed E-state index contributed by atoms with van der Waals surface area (Å²) < 4.78 is 18.9. The van der Waals surface area contributed by atoms with E-state index in [9.17, 15) is 14.0 Å². The van der Waals surface area contributed by atoms with Gasteiger partial charge in [0.05, 0.1) is 0 Å². The highest BCUT2D eigenvalue weighted by atomic mass is 19.1. The molecule has 1 fully saturated rings. The van der Waals surface area contributed by atoms with E-state index in [2.05, 4.69) is 5.32 Å². The molecule has 1 N–H and O–H groups in total. The average Bonchev–Trinajstić information content (AvgIpc) is 2.80. The molecule has 31 heavy (non-hydrogen) atoms. The topological polar surface area (TPSA) is 61.9 Å². The molecule has 0 radical (unpaired) electrons. The summed E-state index contributed by atoms with van der Waals surface area (Å²) in [7, 11) is 0. The van der Waals surface area contributed by atoms with Crippen molar-refractivity contribution in [1.82, 2.24) is 9.80 Å². The van der Waals surface area contributed by atoms with E-state index in [4.69, 9.17) is 4.74 Å². The third kappa shape index (κ3) is 5.19. The van der Waals surface area contributed by atoms with Gasteiger partial charge in [-0.15, -0.1) is 0 Å². The minimum atomic E-state index is -0.369. The van der Waals surface area contributed by atoms with Gasteiger partial charge < -0.3 is 19.9 Å². The second-order valence-corrected chi connectivity index (χ2v) is 7.16. The van der Waals surface area contributed by atoms with Crippen LogP contribution in [0.4, 0.5) is 14.9 Å². The van der Waals surface area contributed by atoms with Crippen molar-refractivity contribution in [1.29, 1.82) is 0 Å². The summed E-state index contributed by atoms with van der Waals surface area (Å²) in [5.41, 5.74) is 1.28. The van der Waals surface area contributed by atoms with Gasteiger partial charge in [-0.05, 0) is 48.5 Å². The number of anilines is 1. The Morgan fingerprint density at radius 2 is 1.45 bits per heavy atom. The summed E-state index contributed by atoms with van der Waals surface area (Å²) in [5.74, 6) is 0.554. The van der Waals surface area contributed by atoms with E-state index in [1.165, 1.54) is 12.1 Å². The van der Waals surface area contributed by atoms with Crippen molar-refractivity contribution in [2.75, 3.05) is 31.5 Å². The predicted octanol–water partition coefficient (Wildman–Crippen LogP) is 4.61. The van der Waals surface area contributed by atoms with Gasteiger partial charge in [-0.3, -0.25) is 4.79 Å². The molecule has 0 aromatic heterocycles. The Morgan fingerprint density at radius 1 is 0.774 bits per heavy atom. The molecule has 3 amide bonds. The Morgan fingerprint density at radius 3 is 2.13 bits per heavy atom. The highest BCUT2D eigenvalue weighted by Crippen LogP contribution is 2.23. The number of benzene rings is 3. The van der Waals surface area contributed by atoms with Crippen LogP contribution in [0.3, 0.4) is 0 Å². The molecule has 1 heterocycles. The monoisotopic (exact) mass is 419 g/mol. The van der Waals surface area contributed by atoms with Gasteiger partial charge in [0.2, 0.25) is 0 Å². The summed E-state index contributed by atoms with van der Waals surface area (Å²) in [4.78, 5) is 28.5. The third-order valence-electron chi connectivity index (χ3n) is 5.01. The van der Waals surface area contributed by atoms with Crippen LogP contribution in [0.5, 0.6) is 11.5 Å². The van der Waals surface area contributed by atoms with Gasteiger partial charge in [-0.2, -0.15) is 0 Å². The Kier molecular flexibility index (Phi) is 6.12. The second-order valence-electron chi connectivity index (χ2n) is 7.16. The largest absolute Gasteiger partial charge is 0.457 e. The molecule has 0 aliphatic carbocycles. The van der Waals surface area contributed by atoms with E-state index in [0.29, 0.717) is 48.9 Å². The van der Waals surface area contributed by atoms with Crippen LogP contribution in [0.2, 0.25) is 0 Å². The number of nitrogens with zero attached hydrogens (tertiary/aromatic N) is 2. The first-order valence-electron chi connectivity index (χ1n) is 10.0. The first-order valence-corrected chi connectivity index (χ1v) is 10.0. The molecule has 3 aromatic carbocycles. The Balaban J connectivity index is 1.28. The standard InChI is InChI=1S/C24H22FN3O3/c25-19-7-4-8-22(17-19)31-21-11-9-20(10-12-21)26-24(30)28-15-13-27(14-16-28)23(29)18-5-2-1-3-6-18/h1-12,17H,13-16H2,(H,26,30). The number of piperazine rings is 1. The zero-order chi connectivity index (χ0) is 21.6. The number of carbonyl (C=O) groups is 2. The van der Waals surface area contributed by atoms with Crippen LogP contribution < -0.4 is 10.1 Å². The lowest BCUT2D eigenvalue weighted by Crippen LogP contribution is -2.51. The van der Waals surface area contributed by atoms with Gasteiger partial charge in [0, 0.05) is 43.5 Å². The number of rotatable bonds is 4. The number of hydrogen-bond donors (Lipinski definition) is 1. The van der Waals surface area contributed by atoms with Crippen molar-refractivity contribution in [3.05, 3.63) is 90.2 Å². The number of ether oxygens (including phenoxy) is 1. The normalized spacial score (nSPS) is 13.6. The van der Waals surface area contributed by atoms with Crippen molar-refractivity contribution in [3.63, 3.8) is 0 Å². The van der Waals surface area contributed by atoms with E-state index >= 15 is 0 Å². The molecule has 0 unspecified atom stereocenters. The fraction of sp³-hybridized carbons (Fsp3) is 0.167. The van der Waals surface area contributed by atoms with E-state index in [0.717, 1.165) is 0 Å². The molecular weight excluding hydrogens is 397 g/mol. The molecule has 3 aromatic rings. The van der Waals surface area contributed by atoms with Crippen molar-refractivity contribution < 1.29 is 18.7 Å². The molecule has 4 rings (SSSR count). The molecule has 1 aliphatic heterocycles. The van der Waals surface area contributed by atoms with E-state index < -0.39 is 0 Å². The van der Waals surface area contributed by atoms with Gasteiger partial charge in [-0.25, -0.2) is 9.18 Å². The molecule has 1 aliphatic rings. The lowest BCUT2D eigenvalue weighted by Gasteiger charge is -2.34. The molecule has 0 atom stereocenters. The maximum atomic E-state index is 13.3. The molecule has 1 saturated heterocycles. The molecule has 0 saturated carbocycles. The number of urea groups is 1. The minimum absolute atomic E-state index is 0.0189. The third-order valence-corrected chi connectivity index (χ3v) is 5.01. The summed E-state index contributed by atoms with van der Waals surface area (Å²) in [6, 6.07) is 21.7. The summed E-state index contributed by atoms with van der Waals surface area (Å²) in [6.07, 6.45) is 0. The zero-order valence-corrected chi connectivity index (χ0v) is 16.8. The van der Waals surface area contributed by atoms with E-state index in [1.54, 1.807) is 58.3 Å². The number of halogens is 1. The second kappa shape index (κ2) is 9.30. The van der Waals surface area contributed by atoms with Crippen LogP contribution in [0, 0.1) is 5.82 Å². The Labute approximate surface area is 179 Å². The molecule has 6 nitrogen and oxygen atoms in total. The van der Waals surface area contributed by atoms with Crippen molar-refractivity contribution in [2.24, 2.45) is 0 Å². The summed E-state index contributed by atoms with van der Waals surface area (Å²) in [6.45, 7) is 1.90. The Hall–Kier alpha value is -3.87. The van der Waals surface area contributed by atoms with Crippen LogP contribution >= 0.6 is 0 Å². The zero-order valence-electron chi connectivity index (χ0n) is 16.8. The average molecular weight is 419 g/mol. The van der Waals surface area contributed by atoms with Crippen molar-refractivity contribution in [3.8, 4) is 11.5 Å². The summed E-state index contributed by atoms with van der Waals surface area (Å²) in [5, 5.41) is 2.86. The van der Waals surface area contributed by atoms with Crippen LogP contribution in [-0.4, -0.2) is 47.9 Å². The molecule has 7 heteroatoms. The van der Waals surface area contributed by atoms with Gasteiger partial charge >= 0.3 is 6.03 Å². The van der Waals surface area contributed by atoms with Crippen LogP contribution in [0.15, 0.2) is 78.9 Å². The van der Waals surface area contributed by atoms with E-state index in [-0.39, 0.29) is 17.8 Å². The number of amides is 3. The van der Waals surface area contributed by atoms with E-state index in [1.807, 2.05) is 18.2 Å². The first-order chi connectivity index (χ1) is 15.1. The Bertz CT molecular complexity index is 1050. The smallest absolute Gasteiger partial charge is 0.321 e. The van der Waals surface area contributed by atoms with Crippen LogP contribution in [0.1, 0.15) is 10.4 Å². The number of carbonyl (C=O) groups excluding carboxylic acids is 2. The van der Waals surface area contributed by atoms with Gasteiger partial charge in [0.25, 0.3) is 5.91 Å². The molecule has 158 valence electrons. The highest BCUT2D eigenvalue weighted by molar-refractivity contribution is 5.94. The molecule has 0 bridgehead atoms. The maximum absolute atomic E-state index is 13.3. The molecular formula is C24H22FN3O3. The minimum Gasteiger partial charge on any atom is -0.457 e. The number of hydrogen-bond acceptors (Lipinski definition) is 3. The van der Waals surface area contributed by atoms with Gasteiger partial charge in [0.1, 0.15) is 17.3 Å². The van der Waals surface area contributed by atoms with Crippen LogP contribution in [-0.2, 0) is 0 Å². The predicted molar refractivity (Wildman–Crippen MR) is 116 cm³/mol. The van der Waals surface area contributed by atoms with Crippen molar-refractivity contribution in [2.45, 2.75) is 0 Å². The molecule has 0 spiro atoms. The maximum Gasteiger partial charge on any atom is 0.321 e. The van der Waals surface area contributed by atoms with Crippen LogP contribution in [0.25, 0.3) is 0 Å². The lowest BCUT2D eigenvalue weighted by atomic mass is 10.2. The quantitative estimate of drug-likeness (QED) is 0.672. The first kappa shape index (κ1) is 20.4. The van der Waals surface area contributed by atoms with Gasteiger partial charge in [-0.1, -0.05) is 24.3 Å². The lowest BCUT2D eigenvalue weighted by molar-refractivity contribution is 0.0671. The van der Waals surface area contributed by atoms with Crippen molar-refractivity contribution >= 4 is 17.6 Å². The SMILES string of the molecule is O=C(Nc1ccc(Oc2cccc(F)c2)cc1)N1CCN(C(=O)c2ccccc2)CC1.